The Bertz CT molecular complexity index is 1180. The summed E-state index contributed by atoms with van der Waals surface area (Å²) >= 11 is 5.88. The summed E-state index contributed by atoms with van der Waals surface area (Å²) in [6, 6.07) is 10.8. The summed E-state index contributed by atoms with van der Waals surface area (Å²) in [5, 5.41) is 6.08. The Morgan fingerprint density at radius 1 is 1.21 bits per heavy atom. The Labute approximate surface area is 198 Å². The molecule has 1 heterocycles. The van der Waals surface area contributed by atoms with E-state index in [4.69, 9.17) is 11.6 Å². The normalized spacial score (nSPS) is 21.1. The summed E-state index contributed by atoms with van der Waals surface area (Å²) in [7, 11) is -3.96. The second-order valence-electron chi connectivity index (χ2n) is 8.32. The van der Waals surface area contributed by atoms with Crippen LogP contribution in [0, 0.1) is 0 Å². The van der Waals surface area contributed by atoms with Gasteiger partial charge in [0.15, 0.2) is 0 Å². The fourth-order valence-electron chi connectivity index (χ4n) is 4.41. The van der Waals surface area contributed by atoms with E-state index in [1.54, 1.807) is 0 Å². The van der Waals surface area contributed by atoms with Gasteiger partial charge in [0.05, 0.1) is 11.3 Å². The number of hydrogen-bond donors (Lipinski definition) is 2. The van der Waals surface area contributed by atoms with Crippen molar-refractivity contribution in [2.75, 3.05) is 13.1 Å². The first-order chi connectivity index (χ1) is 15.8. The first-order valence-electron chi connectivity index (χ1n) is 10.9. The lowest BCUT2D eigenvalue weighted by Crippen LogP contribution is -2.58. The number of piperazine rings is 1. The van der Waals surface area contributed by atoms with Gasteiger partial charge in [-0.05, 0) is 60.2 Å². The van der Waals surface area contributed by atoms with Gasteiger partial charge in [-0.15, -0.1) is 0 Å². The highest BCUT2D eigenvalue weighted by Crippen LogP contribution is 2.25. The van der Waals surface area contributed by atoms with E-state index in [0.29, 0.717) is 11.4 Å². The average Bonchev–Trinajstić information content (AvgIpc) is 2.80. The van der Waals surface area contributed by atoms with E-state index in [2.05, 4.69) is 29.3 Å². The Hall–Kier alpha value is -2.68. The molecule has 0 saturated carbocycles. The van der Waals surface area contributed by atoms with Crippen LogP contribution in [0.1, 0.15) is 29.5 Å². The molecule has 1 fully saturated rings. The van der Waals surface area contributed by atoms with E-state index in [1.807, 2.05) is 12.1 Å². The van der Waals surface area contributed by atoms with Crippen LogP contribution in [0.25, 0.3) is 6.08 Å². The molecule has 1 unspecified atom stereocenters. The summed E-state index contributed by atoms with van der Waals surface area (Å²) in [6.45, 7) is 4.08. The second kappa shape index (κ2) is 9.67. The second-order valence-corrected chi connectivity index (χ2v) is 10.6. The van der Waals surface area contributed by atoms with Gasteiger partial charge in [0.2, 0.25) is 21.8 Å². The van der Waals surface area contributed by atoms with E-state index in [9.17, 15) is 18.0 Å². The van der Waals surface area contributed by atoms with Crippen molar-refractivity contribution in [1.82, 2.24) is 14.9 Å². The minimum Gasteiger partial charge on any atom is -0.353 e. The van der Waals surface area contributed by atoms with Gasteiger partial charge in [0.25, 0.3) is 0 Å². The number of nitrogens with zero attached hydrogens (tertiary/aromatic N) is 1. The summed E-state index contributed by atoms with van der Waals surface area (Å²) in [5.41, 5.74) is 3.51. The molecule has 7 nitrogen and oxygen atoms in total. The molecule has 2 atom stereocenters. The maximum Gasteiger partial charge on any atom is 0.243 e. The first kappa shape index (κ1) is 23.5. The lowest BCUT2D eigenvalue weighted by atomic mass is 9.87. The Morgan fingerprint density at radius 3 is 2.70 bits per heavy atom. The molecule has 4 rings (SSSR count). The van der Waals surface area contributed by atoms with Gasteiger partial charge in [-0.3, -0.25) is 9.59 Å². The molecule has 33 heavy (non-hydrogen) atoms. The molecule has 1 saturated heterocycles. The van der Waals surface area contributed by atoms with Crippen LogP contribution in [-0.2, 0) is 32.5 Å². The smallest absolute Gasteiger partial charge is 0.243 e. The van der Waals surface area contributed by atoms with Crippen molar-refractivity contribution in [3.05, 3.63) is 70.8 Å². The van der Waals surface area contributed by atoms with E-state index in [-0.39, 0.29) is 36.4 Å². The Kier molecular flexibility index (Phi) is 6.88. The molecule has 9 heteroatoms. The number of halogens is 1. The lowest BCUT2D eigenvalue weighted by molar-refractivity contribution is -0.131. The summed E-state index contributed by atoms with van der Waals surface area (Å²) in [4.78, 5) is 25.4. The summed E-state index contributed by atoms with van der Waals surface area (Å²) < 4.78 is 27.5. The topological polar surface area (TPSA) is 95.6 Å². The predicted molar refractivity (Wildman–Crippen MR) is 127 cm³/mol. The van der Waals surface area contributed by atoms with Crippen LogP contribution < -0.4 is 10.6 Å². The highest BCUT2D eigenvalue weighted by atomic mass is 35.5. The summed E-state index contributed by atoms with van der Waals surface area (Å²) in [6.07, 6.45) is 3.89. The van der Waals surface area contributed by atoms with E-state index >= 15 is 0 Å². The van der Waals surface area contributed by atoms with Crippen molar-refractivity contribution in [2.24, 2.45) is 0 Å². The minimum absolute atomic E-state index is 0.0368. The number of amides is 2. The highest BCUT2D eigenvalue weighted by Gasteiger charge is 2.40. The van der Waals surface area contributed by atoms with Crippen molar-refractivity contribution in [1.29, 1.82) is 0 Å². The number of nitrogens with one attached hydrogen (secondary N) is 2. The van der Waals surface area contributed by atoms with Gasteiger partial charge in [0.1, 0.15) is 6.04 Å². The first-order valence-corrected chi connectivity index (χ1v) is 12.7. The van der Waals surface area contributed by atoms with Crippen molar-refractivity contribution in [2.45, 2.75) is 42.7 Å². The van der Waals surface area contributed by atoms with Gasteiger partial charge >= 0.3 is 0 Å². The van der Waals surface area contributed by atoms with Gasteiger partial charge in [-0.1, -0.05) is 42.5 Å². The van der Waals surface area contributed by atoms with Crippen LogP contribution in [0.15, 0.2) is 53.9 Å². The molecule has 0 spiro atoms. The summed E-state index contributed by atoms with van der Waals surface area (Å²) in [5.74, 6) is -0.815. The van der Waals surface area contributed by atoms with Crippen molar-refractivity contribution < 1.29 is 18.0 Å². The number of hydrogen-bond acceptors (Lipinski definition) is 4. The Morgan fingerprint density at radius 2 is 1.97 bits per heavy atom. The molecule has 2 aromatic carbocycles. The minimum atomic E-state index is -3.96. The molecule has 174 valence electrons. The van der Waals surface area contributed by atoms with Gasteiger partial charge in [0, 0.05) is 24.2 Å². The number of fused-ring (bicyclic) bond motifs is 1. The van der Waals surface area contributed by atoms with Gasteiger partial charge in [-0.25, -0.2) is 8.42 Å². The third kappa shape index (κ3) is 5.13. The number of rotatable bonds is 6. The molecule has 0 bridgehead atoms. The number of carbonyl (C=O) groups is 2. The van der Waals surface area contributed by atoms with Crippen LogP contribution in [0.3, 0.4) is 0 Å². The van der Waals surface area contributed by atoms with Gasteiger partial charge in [-0.2, -0.15) is 4.31 Å². The zero-order valence-corrected chi connectivity index (χ0v) is 19.7. The maximum absolute atomic E-state index is 13.2. The van der Waals surface area contributed by atoms with Gasteiger partial charge < -0.3 is 10.6 Å². The predicted octanol–water partition coefficient (Wildman–Crippen LogP) is 2.54. The lowest BCUT2D eigenvalue weighted by Gasteiger charge is -2.34. The van der Waals surface area contributed by atoms with Crippen LogP contribution in [0.2, 0.25) is 5.02 Å². The molecule has 2 aliphatic rings. The van der Waals surface area contributed by atoms with E-state index in [1.165, 1.54) is 35.4 Å². The zero-order chi connectivity index (χ0) is 23.6. The van der Waals surface area contributed by atoms with Crippen molar-refractivity contribution in [3.63, 3.8) is 0 Å². The van der Waals surface area contributed by atoms with Crippen LogP contribution in [0.5, 0.6) is 0 Å². The van der Waals surface area contributed by atoms with Crippen molar-refractivity contribution in [3.8, 4) is 0 Å². The zero-order valence-electron chi connectivity index (χ0n) is 18.1. The third-order valence-corrected chi connectivity index (χ3v) is 8.31. The van der Waals surface area contributed by atoms with Crippen molar-refractivity contribution >= 4 is 39.5 Å². The van der Waals surface area contributed by atoms with Crippen LogP contribution >= 0.6 is 11.6 Å². The molecule has 2 aromatic rings. The quantitative estimate of drug-likeness (QED) is 0.654. The molecule has 2 N–H and O–H groups in total. The average molecular weight is 488 g/mol. The number of aryl methyl sites for hydroxylation is 1. The number of sulfonamides is 1. The van der Waals surface area contributed by atoms with E-state index in [0.717, 1.165) is 22.7 Å². The molecule has 0 aromatic heterocycles. The van der Waals surface area contributed by atoms with E-state index < -0.39 is 22.0 Å². The molecule has 2 amide bonds. The maximum atomic E-state index is 13.2. The molecular formula is C24H26ClN3O4S. The number of carbonyl (C=O) groups excluding carboxylic acids is 2. The molecular weight excluding hydrogens is 462 g/mol. The standard InChI is InChI=1S/C24H26ClN3O4S/c1-2-16-3-4-18-14-20(8-5-17(18)13-16)27-23(29)15-22-24(30)26-11-12-28(22)33(31,32)21-9-6-19(25)7-10-21/h2-4,6-7,9-10,13,20,22H,1,5,8,11-12,14-15H2,(H,26,30)(H,27,29)/t20?,22-/m1/s1. The monoisotopic (exact) mass is 487 g/mol. The molecule has 0 radical (unpaired) electrons. The number of benzene rings is 2. The SMILES string of the molecule is C=Cc1ccc2c(c1)CCC(NC(=O)C[C@@H]1C(=O)NCCN1S(=O)(=O)c1ccc(Cl)cc1)C2. The highest BCUT2D eigenvalue weighted by molar-refractivity contribution is 7.89. The fourth-order valence-corrected chi connectivity index (χ4v) is 6.12. The molecule has 1 aliphatic heterocycles. The largest absolute Gasteiger partial charge is 0.353 e. The third-order valence-electron chi connectivity index (χ3n) is 6.14. The van der Waals surface area contributed by atoms with Crippen LogP contribution in [-0.4, -0.2) is 49.7 Å². The fraction of sp³-hybridized carbons (Fsp3) is 0.333. The van der Waals surface area contributed by atoms with Crippen LogP contribution in [0.4, 0.5) is 0 Å². The Balaban J connectivity index is 1.45. The molecule has 1 aliphatic carbocycles.